The normalized spacial score (nSPS) is 10.9. The smallest absolute Gasteiger partial charge is 0.409 e. The molecule has 0 saturated carbocycles. The van der Waals surface area contributed by atoms with Gasteiger partial charge in [0.25, 0.3) is 0 Å². The van der Waals surface area contributed by atoms with Gasteiger partial charge in [-0.3, -0.25) is 0 Å². The third-order valence-corrected chi connectivity index (χ3v) is 5.66. The van der Waals surface area contributed by atoms with E-state index in [0.29, 0.717) is 27.3 Å². The summed E-state index contributed by atoms with van der Waals surface area (Å²) in [6, 6.07) is 0.696. The molecule has 2 heterocycles. The molecule has 0 atom stereocenters. The number of nitrogens with zero attached hydrogens (tertiary/aromatic N) is 3. The van der Waals surface area contributed by atoms with E-state index in [2.05, 4.69) is 9.97 Å². The van der Waals surface area contributed by atoms with Crippen LogP contribution in [0, 0.1) is 24.4 Å². The zero-order valence-corrected chi connectivity index (χ0v) is 16.6. The van der Waals surface area contributed by atoms with Crippen LogP contribution in [-0.2, 0) is 11.3 Å². The molecule has 11 heteroatoms. The Morgan fingerprint density at radius 2 is 1.96 bits per heavy atom. The van der Waals surface area contributed by atoms with Gasteiger partial charge in [0.1, 0.15) is 16.6 Å². The molecule has 2 aromatic heterocycles. The predicted molar refractivity (Wildman–Crippen MR) is 98.8 cm³/mol. The molecule has 0 saturated heterocycles. The van der Waals surface area contributed by atoms with Crippen molar-refractivity contribution in [1.29, 1.82) is 0 Å². The lowest BCUT2D eigenvalue weighted by molar-refractivity contribution is 0.112. The molecule has 3 rings (SSSR count). The summed E-state index contributed by atoms with van der Waals surface area (Å²) in [7, 11) is 3.12. The summed E-state index contributed by atoms with van der Waals surface area (Å²) >= 11 is 2.24. The molecule has 0 spiro atoms. The number of carbonyl (C=O) groups is 1. The van der Waals surface area contributed by atoms with Crippen LogP contribution in [0.4, 0.5) is 18.0 Å². The molecule has 0 aliphatic carbocycles. The first-order valence-electron chi connectivity index (χ1n) is 7.82. The fourth-order valence-electron chi connectivity index (χ4n) is 2.25. The van der Waals surface area contributed by atoms with Crippen LogP contribution in [0.15, 0.2) is 11.4 Å². The molecule has 0 radical (unpaired) electrons. The number of aromatic hydroxyl groups is 1. The van der Waals surface area contributed by atoms with Gasteiger partial charge in [0.05, 0.1) is 21.8 Å². The van der Waals surface area contributed by atoms with E-state index in [1.165, 1.54) is 16.2 Å². The molecule has 0 aliphatic heterocycles. The van der Waals surface area contributed by atoms with E-state index in [4.69, 9.17) is 9.84 Å². The summed E-state index contributed by atoms with van der Waals surface area (Å²) < 4.78 is 46.3. The fourth-order valence-corrected chi connectivity index (χ4v) is 4.08. The van der Waals surface area contributed by atoms with E-state index in [1.807, 2.05) is 0 Å². The highest BCUT2D eigenvalue weighted by Gasteiger charge is 2.22. The minimum absolute atomic E-state index is 0.0114. The fraction of sp³-hybridized carbons (Fsp3) is 0.235. The van der Waals surface area contributed by atoms with Crippen LogP contribution in [0.1, 0.15) is 10.7 Å². The minimum atomic E-state index is -1.66. The number of thiazole rings is 2. The number of rotatable bonds is 4. The van der Waals surface area contributed by atoms with Gasteiger partial charge in [-0.25, -0.2) is 23.5 Å². The van der Waals surface area contributed by atoms with Gasteiger partial charge in [-0.15, -0.1) is 22.7 Å². The van der Waals surface area contributed by atoms with Gasteiger partial charge in [0, 0.05) is 19.5 Å². The van der Waals surface area contributed by atoms with E-state index in [1.54, 1.807) is 26.4 Å². The van der Waals surface area contributed by atoms with E-state index in [9.17, 15) is 18.0 Å². The van der Waals surface area contributed by atoms with Gasteiger partial charge in [0.15, 0.2) is 17.4 Å². The van der Waals surface area contributed by atoms with E-state index < -0.39 is 29.3 Å². The summed E-state index contributed by atoms with van der Waals surface area (Å²) in [5, 5.41) is 11.4. The Kier molecular flexibility index (Phi) is 5.57. The van der Waals surface area contributed by atoms with Crippen molar-refractivity contribution in [1.82, 2.24) is 14.9 Å². The van der Waals surface area contributed by atoms with Gasteiger partial charge in [-0.05, 0) is 13.0 Å². The number of aromatic nitrogens is 2. The van der Waals surface area contributed by atoms with E-state index >= 15 is 0 Å². The van der Waals surface area contributed by atoms with Crippen molar-refractivity contribution in [2.24, 2.45) is 0 Å². The number of aryl methyl sites for hydroxylation is 1. The van der Waals surface area contributed by atoms with Crippen molar-refractivity contribution < 1.29 is 27.8 Å². The number of halogens is 3. The molecular weight excluding hydrogens is 415 g/mol. The third kappa shape index (κ3) is 3.80. The maximum atomic E-state index is 14.1. The maximum Gasteiger partial charge on any atom is 0.409 e. The summed E-state index contributed by atoms with van der Waals surface area (Å²) in [6.45, 7) is 1.73. The number of phenolic OH excluding ortho intramolecular Hbond substituents is 1. The van der Waals surface area contributed by atoms with Crippen LogP contribution >= 0.6 is 22.7 Å². The number of benzene rings is 1. The third-order valence-electron chi connectivity index (χ3n) is 3.63. The van der Waals surface area contributed by atoms with Gasteiger partial charge < -0.3 is 14.7 Å². The molecule has 148 valence electrons. The summed E-state index contributed by atoms with van der Waals surface area (Å²) in [4.78, 5) is 22.0. The van der Waals surface area contributed by atoms with Crippen molar-refractivity contribution in [3.63, 3.8) is 0 Å². The van der Waals surface area contributed by atoms with Gasteiger partial charge in [-0.1, -0.05) is 0 Å². The topological polar surface area (TPSA) is 75.5 Å². The predicted octanol–water partition coefficient (Wildman–Crippen LogP) is 4.56. The maximum absolute atomic E-state index is 14.1. The SMILES string of the molecule is Cc1nc(COC(=O)N(C)C)sc1-c1csc(-c2cc(F)c(O)c(F)c2F)n1. The second-order valence-corrected chi connectivity index (χ2v) is 7.83. The number of hydrogen-bond donors (Lipinski definition) is 1. The van der Waals surface area contributed by atoms with Gasteiger partial charge in [-0.2, -0.15) is 4.39 Å². The number of ether oxygens (including phenoxy) is 1. The Bertz CT molecular complexity index is 1050. The van der Waals surface area contributed by atoms with Gasteiger partial charge in [0.2, 0.25) is 5.82 Å². The lowest BCUT2D eigenvalue weighted by atomic mass is 10.2. The van der Waals surface area contributed by atoms with E-state index in [-0.39, 0.29) is 17.2 Å². The first-order chi connectivity index (χ1) is 13.2. The molecule has 0 bridgehead atoms. The van der Waals surface area contributed by atoms with Crippen molar-refractivity contribution in [2.75, 3.05) is 14.1 Å². The zero-order chi connectivity index (χ0) is 20.6. The standard InChI is InChI=1S/C17H14F3N3O3S2/c1-7-15(28-11(21-7)5-26-17(25)23(2)3)10-6-27-16(22-10)8-4-9(18)14(24)13(20)12(8)19/h4,6,24H,5H2,1-3H3. The molecule has 28 heavy (non-hydrogen) atoms. The summed E-state index contributed by atoms with van der Waals surface area (Å²) in [5.41, 5.74) is 0.695. The Hall–Kier alpha value is -2.66. The Morgan fingerprint density at radius 3 is 2.64 bits per heavy atom. The highest BCUT2D eigenvalue weighted by molar-refractivity contribution is 7.16. The Labute approximate surface area is 165 Å². The monoisotopic (exact) mass is 429 g/mol. The van der Waals surface area contributed by atoms with Crippen LogP contribution < -0.4 is 0 Å². The Morgan fingerprint density at radius 1 is 1.25 bits per heavy atom. The zero-order valence-electron chi connectivity index (χ0n) is 14.9. The lowest BCUT2D eigenvalue weighted by Gasteiger charge is -2.09. The average molecular weight is 429 g/mol. The highest BCUT2D eigenvalue weighted by atomic mass is 32.1. The number of carbonyl (C=O) groups excluding carboxylic acids is 1. The number of phenols is 1. The molecule has 1 N–H and O–H groups in total. The van der Waals surface area contributed by atoms with Crippen LogP contribution in [0.2, 0.25) is 0 Å². The molecule has 6 nitrogen and oxygen atoms in total. The first kappa shape index (κ1) is 20.1. The average Bonchev–Trinajstić information content (AvgIpc) is 3.27. The minimum Gasteiger partial charge on any atom is -0.503 e. The van der Waals surface area contributed by atoms with Crippen LogP contribution in [0.5, 0.6) is 5.75 Å². The molecular formula is C17H14F3N3O3S2. The Balaban J connectivity index is 1.88. The van der Waals surface area contributed by atoms with Crippen LogP contribution in [0.3, 0.4) is 0 Å². The van der Waals surface area contributed by atoms with Crippen LogP contribution in [0.25, 0.3) is 21.1 Å². The first-order valence-corrected chi connectivity index (χ1v) is 9.51. The molecule has 0 unspecified atom stereocenters. The molecule has 0 fully saturated rings. The number of amides is 1. The second-order valence-electron chi connectivity index (χ2n) is 5.89. The van der Waals surface area contributed by atoms with Crippen molar-refractivity contribution in [2.45, 2.75) is 13.5 Å². The van der Waals surface area contributed by atoms with Crippen LogP contribution in [-0.4, -0.2) is 40.2 Å². The number of hydrogen-bond acceptors (Lipinski definition) is 7. The molecule has 1 amide bonds. The van der Waals surface area contributed by atoms with Crippen molar-refractivity contribution in [3.05, 3.63) is 39.6 Å². The molecule has 1 aromatic carbocycles. The van der Waals surface area contributed by atoms with Crippen molar-refractivity contribution >= 4 is 28.8 Å². The quantitative estimate of drug-likeness (QED) is 0.616. The van der Waals surface area contributed by atoms with Crippen molar-refractivity contribution in [3.8, 4) is 26.9 Å². The summed E-state index contributed by atoms with van der Waals surface area (Å²) in [5.74, 6) is -5.68. The summed E-state index contributed by atoms with van der Waals surface area (Å²) in [6.07, 6.45) is -0.503. The van der Waals surface area contributed by atoms with Gasteiger partial charge >= 0.3 is 6.09 Å². The second kappa shape index (κ2) is 7.76. The largest absolute Gasteiger partial charge is 0.503 e. The molecule has 0 aliphatic rings. The molecule has 3 aromatic rings. The lowest BCUT2D eigenvalue weighted by Crippen LogP contribution is -2.22. The highest BCUT2D eigenvalue weighted by Crippen LogP contribution is 2.37. The van der Waals surface area contributed by atoms with E-state index in [0.717, 1.165) is 11.3 Å².